The van der Waals surface area contributed by atoms with Crippen LogP contribution in [0.4, 0.5) is 5.00 Å². The van der Waals surface area contributed by atoms with E-state index in [1.54, 1.807) is 18.4 Å². The Morgan fingerprint density at radius 3 is 2.66 bits per heavy atom. The van der Waals surface area contributed by atoms with Crippen molar-refractivity contribution < 1.29 is 18.4 Å². The van der Waals surface area contributed by atoms with Gasteiger partial charge in [-0.3, -0.25) is 9.59 Å². The number of carbonyl (C=O) groups is 2. The number of nitrogens with zero attached hydrogens (tertiary/aromatic N) is 2. The zero-order valence-electron chi connectivity index (χ0n) is 15.7. The third-order valence-corrected chi connectivity index (χ3v) is 5.21. The zero-order chi connectivity index (χ0) is 20.8. The first-order valence-electron chi connectivity index (χ1n) is 8.47. The third-order valence-electron chi connectivity index (χ3n) is 3.57. The summed E-state index contributed by atoms with van der Waals surface area (Å²) in [6.45, 7) is 3.63. The Hall–Kier alpha value is -3.11. The van der Waals surface area contributed by atoms with Gasteiger partial charge in [-0.1, -0.05) is 30.0 Å². The molecule has 4 aromatic rings. The fourth-order valence-electron chi connectivity index (χ4n) is 2.34. The van der Waals surface area contributed by atoms with Gasteiger partial charge in [0.1, 0.15) is 16.3 Å². The summed E-state index contributed by atoms with van der Waals surface area (Å²) in [5.74, 6) is 0.679. The lowest BCUT2D eigenvalue weighted by Gasteiger charge is -2.02. The molecule has 0 radical (unpaired) electrons. The van der Waals surface area contributed by atoms with E-state index in [0.717, 1.165) is 23.1 Å². The quantitative estimate of drug-likeness (QED) is 0.458. The minimum absolute atomic E-state index is 0.109. The number of benzene rings is 1. The molecule has 150 valence electrons. The van der Waals surface area contributed by atoms with Crippen molar-refractivity contribution in [1.29, 1.82) is 0 Å². The number of hydrogen-bond acceptors (Lipinski definition) is 8. The molecule has 3 heterocycles. The zero-order valence-corrected chi connectivity index (χ0v) is 17.3. The first kappa shape index (κ1) is 20.6. The van der Waals surface area contributed by atoms with Gasteiger partial charge in [-0.25, -0.2) is 0 Å². The molecule has 0 aliphatic heterocycles. The Kier molecular flexibility index (Phi) is 6.68. The van der Waals surface area contributed by atoms with Crippen LogP contribution in [0.3, 0.4) is 0 Å². The van der Waals surface area contributed by atoms with Crippen molar-refractivity contribution in [2.45, 2.75) is 19.1 Å². The molecule has 0 saturated heterocycles. The third kappa shape index (κ3) is 5.69. The predicted octanol–water partition coefficient (Wildman–Crippen LogP) is 4.01. The summed E-state index contributed by atoms with van der Waals surface area (Å²) in [5, 5.41) is 13.7. The summed E-state index contributed by atoms with van der Waals surface area (Å²) >= 11 is 2.36. The normalized spacial score (nSPS) is 10.4. The van der Waals surface area contributed by atoms with Crippen LogP contribution in [0.5, 0.6) is 0 Å². The van der Waals surface area contributed by atoms with Crippen molar-refractivity contribution in [3.63, 3.8) is 0 Å². The van der Waals surface area contributed by atoms with Gasteiger partial charge >= 0.3 is 0 Å². The highest BCUT2D eigenvalue weighted by Crippen LogP contribution is 2.23. The number of thioether (sulfide) groups is 1. The number of amides is 2. The number of furan rings is 1. The number of nitrogens with two attached hydrogens (primary N) is 1. The van der Waals surface area contributed by atoms with Gasteiger partial charge in [0.05, 0.1) is 11.3 Å². The van der Waals surface area contributed by atoms with Crippen molar-refractivity contribution in [3.8, 4) is 0 Å². The second kappa shape index (κ2) is 9.39. The van der Waals surface area contributed by atoms with Gasteiger partial charge in [0.25, 0.3) is 11.1 Å². The number of fused-ring (bicyclic) bond motifs is 1. The summed E-state index contributed by atoms with van der Waals surface area (Å²) in [6, 6.07) is 11.6. The molecule has 29 heavy (non-hydrogen) atoms. The Labute approximate surface area is 174 Å². The molecule has 3 N–H and O–H groups in total. The van der Waals surface area contributed by atoms with E-state index in [4.69, 9.17) is 14.6 Å². The number of thiophene rings is 1. The molecule has 0 aliphatic carbocycles. The lowest BCUT2D eigenvalue weighted by Crippen LogP contribution is -2.17. The molecule has 0 aliphatic rings. The maximum absolute atomic E-state index is 11.7. The maximum Gasteiger partial charge on any atom is 0.277 e. The Balaban J connectivity index is 0.000000200. The van der Waals surface area contributed by atoms with Crippen molar-refractivity contribution in [1.82, 2.24) is 10.2 Å². The van der Waals surface area contributed by atoms with Gasteiger partial charge in [0, 0.05) is 12.3 Å². The molecule has 3 aromatic heterocycles. The molecular weight excluding hydrogens is 412 g/mol. The van der Waals surface area contributed by atoms with E-state index in [1.165, 1.54) is 16.7 Å². The van der Waals surface area contributed by atoms with Crippen molar-refractivity contribution >= 4 is 50.9 Å². The van der Waals surface area contributed by atoms with E-state index < -0.39 is 5.91 Å². The van der Waals surface area contributed by atoms with Crippen molar-refractivity contribution in [2.75, 3.05) is 11.1 Å². The highest BCUT2D eigenvalue weighted by molar-refractivity contribution is 7.99. The Bertz CT molecular complexity index is 1100. The number of nitrogens with one attached hydrogen (secondary N) is 1. The van der Waals surface area contributed by atoms with E-state index in [9.17, 15) is 9.59 Å². The lowest BCUT2D eigenvalue weighted by atomic mass is 10.2. The van der Waals surface area contributed by atoms with Crippen LogP contribution >= 0.6 is 23.1 Å². The number of primary amides is 1. The lowest BCUT2D eigenvalue weighted by molar-refractivity contribution is -0.113. The number of hydrogen-bond donors (Lipinski definition) is 2. The first-order valence-corrected chi connectivity index (χ1v) is 10.3. The highest BCUT2D eigenvalue weighted by atomic mass is 32.2. The average Bonchev–Trinajstić information content (AvgIpc) is 3.39. The molecule has 0 unspecified atom stereocenters. The fraction of sp³-hybridized carbons (Fsp3) is 0.158. The molecule has 0 bridgehead atoms. The molecule has 0 saturated carbocycles. The van der Waals surface area contributed by atoms with Gasteiger partial charge in [-0.05, 0) is 30.5 Å². The van der Waals surface area contributed by atoms with E-state index in [2.05, 4.69) is 15.5 Å². The van der Waals surface area contributed by atoms with Crippen LogP contribution in [0.1, 0.15) is 22.0 Å². The van der Waals surface area contributed by atoms with Gasteiger partial charge in [-0.15, -0.1) is 21.5 Å². The molecular formula is C19H18N4O4S2. The molecule has 0 spiro atoms. The van der Waals surface area contributed by atoms with Crippen molar-refractivity contribution in [2.24, 2.45) is 5.73 Å². The summed E-state index contributed by atoms with van der Waals surface area (Å²) in [6.07, 6.45) is 0. The smallest absolute Gasteiger partial charge is 0.277 e. The number of aryl methyl sites for hydroxylation is 2. The molecule has 0 fully saturated rings. The number of para-hydroxylation sites is 1. The summed E-state index contributed by atoms with van der Waals surface area (Å²) < 4.78 is 10.5. The average molecular weight is 431 g/mol. The molecule has 0 atom stereocenters. The van der Waals surface area contributed by atoms with Gasteiger partial charge in [-0.2, -0.15) is 0 Å². The second-order valence-electron chi connectivity index (χ2n) is 5.85. The first-order chi connectivity index (χ1) is 13.9. The molecule has 4 rings (SSSR count). The summed E-state index contributed by atoms with van der Waals surface area (Å²) in [4.78, 5) is 22.8. The molecule has 8 nitrogen and oxygen atoms in total. The van der Waals surface area contributed by atoms with E-state index in [0.29, 0.717) is 21.7 Å². The Morgan fingerprint density at radius 1 is 1.17 bits per heavy atom. The number of aromatic nitrogens is 2. The van der Waals surface area contributed by atoms with E-state index in [-0.39, 0.29) is 11.7 Å². The van der Waals surface area contributed by atoms with Crippen LogP contribution in [-0.4, -0.2) is 27.8 Å². The van der Waals surface area contributed by atoms with E-state index in [1.807, 2.05) is 37.3 Å². The van der Waals surface area contributed by atoms with Crippen LogP contribution in [0, 0.1) is 13.8 Å². The Morgan fingerprint density at radius 2 is 1.97 bits per heavy atom. The molecule has 10 heteroatoms. The maximum atomic E-state index is 11.7. The van der Waals surface area contributed by atoms with Crippen LogP contribution < -0.4 is 11.1 Å². The second-order valence-corrected chi connectivity index (χ2v) is 7.69. The van der Waals surface area contributed by atoms with Gasteiger partial charge < -0.3 is 19.9 Å². The minimum atomic E-state index is -0.572. The van der Waals surface area contributed by atoms with Crippen molar-refractivity contribution in [3.05, 3.63) is 59.0 Å². The minimum Gasteiger partial charge on any atom is -0.461 e. The van der Waals surface area contributed by atoms with Gasteiger partial charge in [0.2, 0.25) is 11.8 Å². The number of anilines is 1. The number of carbonyl (C=O) groups excluding carboxylic acids is 2. The van der Waals surface area contributed by atoms with Crippen LogP contribution in [0.2, 0.25) is 0 Å². The topological polar surface area (TPSA) is 124 Å². The number of rotatable bonds is 5. The standard InChI is InChI=1S/C10H10N4O3S2.C9H8O/c1-5-13-14-10(17-5)19-4-7(15)12-9-6(8(11)16)2-3-18-9;1-7-6-8-4-2-3-5-9(8)10-7/h2-3H,4H2,1H3,(H2,11,16)(H,12,15);2-6H,1H3. The summed E-state index contributed by atoms with van der Waals surface area (Å²) in [5.41, 5.74) is 6.46. The summed E-state index contributed by atoms with van der Waals surface area (Å²) in [7, 11) is 0. The predicted molar refractivity (Wildman–Crippen MR) is 112 cm³/mol. The molecule has 1 aromatic carbocycles. The van der Waals surface area contributed by atoms with E-state index >= 15 is 0 Å². The van der Waals surface area contributed by atoms with Gasteiger partial charge in [0.15, 0.2) is 0 Å². The van der Waals surface area contributed by atoms with Crippen LogP contribution in [0.25, 0.3) is 11.0 Å². The fourth-order valence-corrected chi connectivity index (χ4v) is 3.75. The monoisotopic (exact) mass is 430 g/mol. The van der Waals surface area contributed by atoms with Crippen LogP contribution in [-0.2, 0) is 4.79 Å². The highest BCUT2D eigenvalue weighted by Gasteiger charge is 2.13. The molecule has 2 amide bonds. The largest absolute Gasteiger partial charge is 0.461 e. The van der Waals surface area contributed by atoms with Crippen LogP contribution in [0.15, 0.2) is 55.8 Å². The SMILES string of the molecule is Cc1cc2ccccc2o1.Cc1nnc(SCC(=O)Nc2sccc2C(N)=O)o1.